The van der Waals surface area contributed by atoms with Crippen molar-refractivity contribution in [1.82, 2.24) is 9.80 Å². The van der Waals surface area contributed by atoms with Crippen LogP contribution in [0.1, 0.15) is 50.8 Å². The van der Waals surface area contributed by atoms with E-state index in [-0.39, 0.29) is 30.4 Å². The fourth-order valence-corrected chi connectivity index (χ4v) is 5.76. The van der Waals surface area contributed by atoms with Crippen LogP contribution in [0.4, 0.5) is 0 Å². The molecule has 1 aromatic heterocycles. The van der Waals surface area contributed by atoms with Gasteiger partial charge in [0.2, 0.25) is 5.91 Å². The molecule has 7 heteroatoms. The molecule has 2 heterocycles. The topological polar surface area (TPSA) is 49.9 Å². The maximum Gasteiger partial charge on any atom is 0.254 e. The van der Waals surface area contributed by atoms with Gasteiger partial charge in [0, 0.05) is 28.0 Å². The molecule has 0 N–H and O–H groups in total. The molecule has 5 rings (SSSR count). The maximum absolute atomic E-state index is 13.7. The van der Waals surface area contributed by atoms with Gasteiger partial charge in [0.25, 0.3) is 5.91 Å². The first-order valence-electron chi connectivity index (χ1n) is 12.0. The van der Waals surface area contributed by atoms with E-state index in [2.05, 4.69) is 11.4 Å². The third-order valence-corrected chi connectivity index (χ3v) is 8.30. The van der Waals surface area contributed by atoms with Gasteiger partial charge < -0.3 is 14.5 Å². The first-order valence-corrected chi connectivity index (χ1v) is 13.3. The number of hydrogen-bond acceptors (Lipinski definition) is 4. The molecule has 0 radical (unpaired) electrons. The number of carbonyl (C=O) groups is 2. The van der Waals surface area contributed by atoms with Gasteiger partial charge in [0.15, 0.2) is 0 Å². The van der Waals surface area contributed by atoms with Crippen LogP contribution in [-0.4, -0.2) is 47.4 Å². The Labute approximate surface area is 215 Å². The van der Waals surface area contributed by atoms with Crippen molar-refractivity contribution in [3.63, 3.8) is 0 Å². The number of carbonyl (C=O) groups excluding carboxylic acids is 2. The van der Waals surface area contributed by atoms with Gasteiger partial charge in [-0.1, -0.05) is 29.8 Å². The molecule has 1 saturated carbocycles. The highest BCUT2D eigenvalue weighted by Crippen LogP contribution is 2.35. The van der Waals surface area contributed by atoms with Gasteiger partial charge >= 0.3 is 0 Å². The SMILES string of the molecule is Cc1cc(OC[C@H]2c3ccsc3CCN2C(=O)CN(C(=O)c2ccccc2C)C2CC2)ccc1Cl. The lowest BCUT2D eigenvalue weighted by Crippen LogP contribution is -2.48. The largest absolute Gasteiger partial charge is 0.491 e. The van der Waals surface area contributed by atoms with Gasteiger partial charge in [0.1, 0.15) is 18.9 Å². The third-order valence-electron chi connectivity index (χ3n) is 6.88. The zero-order valence-electron chi connectivity index (χ0n) is 20.0. The average Bonchev–Trinajstić information content (AvgIpc) is 3.58. The molecule has 0 bridgehead atoms. The highest BCUT2D eigenvalue weighted by atomic mass is 35.5. The van der Waals surface area contributed by atoms with Crippen LogP contribution in [0.2, 0.25) is 5.02 Å². The first kappa shape index (κ1) is 23.9. The maximum atomic E-state index is 13.7. The summed E-state index contributed by atoms with van der Waals surface area (Å²) in [6.07, 6.45) is 2.72. The second-order valence-electron chi connectivity index (χ2n) is 9.35. The molecular weight excluding hydrogens is 480 g/mol. The van der Waals surface area contributed by atoms with Crippen LogP contribution in [0.25, 0.3) is 0 Å². The van der Waals surface area contributed by atoms with Gasteiger partial charge in [-0.3, -0.25) is 9.59 Å². The monoisotopic (exact) mass is 508 g/mol. The van der Waals surface area contributed by atoms with E-state index < -0.39 is 0 Å². The van der Waals surface area contributed by atoms with Crippen LogP contribution in [0.3, 0.4) is 0 Å². The Morgan fingerprint density at radius 1 is 1.11 bits per heavy atom. The van der Waals surface area contributed by atoms with Crippen LogP contribution >= 0.6 is 22.9 Å². The van der Waals surface area contributed by atoms with Crippen molar-refractivity contribution in [2.24, 2.45) is 0 Å². The summed E-state index contributed by atoms with van der Waals surface area (Å²) in [5, 5.41) is 2.78. The van der Waals surface area contributed by atoms with Crippen LogP contribution in [-0.2, 0) is 11.2 Å². The third kappa shape index (κ3) is 5.09. The van der Waals surface area contributed by atoms with E-state index in [1.165, 1.54) is 4.88 Å². The summed E-state index contributed by atoms with van der Waals surface area (Å²) >= 11 is 7.89. The summed E-state index contributed by atoms with van der Waals surface area (Å²) in [7, 11) is 0. The quantitative estimate of drug-likeness (QED) is 0.403. The summed E-state index contributed by atoms with van der Waals surface area (Å²) in [6.45, 7) is 4.95. The summed E-state index contributed by atoms with van der Waals surface area (Å²) in [5.41, 5.74) is 3.69. The number of rotatable bonds is 7. The normalized spacial score (nSPS) is 17.1. The smallest absolute Gasteiger partial charge is 0.254 e. The second kappa shape index (κ2) is 10.0. The Hall–Kier alpha value is -2.83. The number of amides is 2. The van der Waals surface area contributed by atoms with E-state index >= 15 is 0 Å². The predicted molar refractivity (Wildman–Crippen MR) is 139 cm³/mol. The van der Waals surface area contributed by atoms with Crippen LogP contribution in [0.5, 0.6) is 5.75 Å². The molecule has 2 amide bonds. The second-order valence-corrected chi connectivity index (χ2v) is 10.8. The highest BCUT2D eigenvalue weighted by molar-refractivity contribution is 7.10. The molecule has 1 atom stereocenters. The minimum Gasteiger partial charge on any atom is -0.491 e. The van der Waals surface area contributed by atoms with Crippen molar-refractivity contribution in [2.45, 2.75) is 45.2 Å². The number of thiophene rings is 1. The van der Waals surface area contributed by atoms with E-state index in [1.807, 2.05) is 61.2 Å². The molecule has 1 aliphatic carbocycles. The predicted octanol–water partition coefficient (Wildman–Crippen LogP) is 5.83. The fourth-order valence-electron chi connectivity index (χ4n) is 4.71. The van der Waals surface area contributed by atoms with E-state index in [9.17, 15) is 9.59 Å². The number of nitrogens with zero attached hydrogens (tertiary/aromatic N) is 2. The molecule has 3 aromatic rings. The van der Waals surface area contributed by atoms with Crippen molar-refractivity contribution in [3.8, 4) is 5.75 Å². The van der Waals surface area contributed by atoms with E-state index in [1.54, 1.807) is 16.2 Å². The van der Waals surface area contributed by atoms with Gasteiger partial charge in [-0.25, -0.2) is 0 Å². The van der Waals surface area contributed by atoms with Crippen molar-refractivity contribution in [1.29, 1.82) is 0 Å². The zero-order valence-corrected chi connectivity index (χ0v) is 21.6. The number of fused-ring (bicyclic) bond motifs is 1. The number of hydrogen-bond donors (Lipinski definition) is 0. The van der Waals surface area contributed by atoms with Gasteiger partial charge in [-0.15, -0.1) is 11.3 Å². The summed E-state index contributed by atoms with van der Waals surface area (Å²) in [4.78, 5) is 32.0. The molecule has 0 spiro atoms. The Kier molecular flexibility index (Phi) is 6.85. The van der Waals surface area contributed by atoms with E-state index in [0.29, 0.717) is 23.7 Å². The van der Waals surface area contributed by atoms with E-state index in [4.69, 9.17) is 16.3 Å². The lowest BCUT2D eigenvalue weighted by Gasteiger charge is -2.37. The fraction of sp³-hybridized carbons (Fsp3) is 0.357. The molecule has 1 fully saturated rings. The van der Waals surface area contributed by atoms with Crippen molar-refractivity contribution in [2.75, 3.05) is 19.7 Å². The molecule has 35 heavy (non-hydrogen) atoms. The molecule has 2 aromatic carbocycles. The Morgan fingerprint density at radius 2 is 1.91 bits per heavy atom. The number of halogens is 1. The van der Waals surface area contributed by atoms with Crippen LogP contribution in [0, 0.1) is 13.8 Å². The lowest BCUT2D eigenvalue weighted by molar-refractivity contribution is -0.135. The van der Waals surface area contributed by atoms with Gasteiger partial charge in [0.05, 0.1) is 6.04 Å². The molecule has 0 unspecified atom stereocenters. The first-order chi connectivity index (χ1) is 16.9. The summed E-state index contributed by atoms with van der Waals surface area (Å²) in [6, 6.07) is 15.2. The minimum atomic E-state index is -0.192. The zero-order chi connectivity index (χ0) is 24.5. The Balaban J connectivity index is 1.35. The average molecular weight is 509 g/mol. The Bertz CT molecular complexity index is 1250. The van der Waals surface area contributed by atoms with Crippen molar-refractivity contribution >= 4 is 34.8 Å². The van der Waals surface area contributed by atoms with Gasteiger partial charge in [-0.2, -0.15) is 0 Å². The van der Waals surface area contributed by atoms with E-state index in [0.717, 1.165) is 41.7 Å². The Morgan fingerprint density at radius 3 is 2.66 bits per heavy atom. The summed E-state index contributed by atoms with van der Waals surface area (Å²) < 4.78 is 6.16. The number of ether oxygens (including phenoxy) is 1. The molecule has 1 aliphatic heterocycles. The molecule has 2 aliphatic rings. The minimum absolute atomic E-state index is 0.0310. The van der Waals surface area contributed by atoms with Crippen LogP contribution in [0.15, 0.2) is 53.9 Å². The number of benzene rings is 2. The van der Waals surface area contributed by atoms with Crippen molar-refractivity contribution in [3.05, 3.63) is 86.1 Å². The standard InChI is InChI=1S/C28H29ClN2O3S/c1-18-5-3-4-6-22(18)28(33)31(20-7-8-20)16-27(32)30-13-11-26-23(12-14-35-26)25(30)17-34-21-9-10-24(29)19(2)15-21/h3-6,9-10,12,14-15,20,25H,7-8,11,13,16-17H2,1-2H3/t25-/m0/s1. The molecule has 5 nitrogen and oxygen atoms in total. The lowest BCUT2D eigenvalue weighted by atomic mass is 10.00. The summed E-state index contributed by atoms with van der Waals surface area (Å²) in [5.74, 6) is 0.643. The highest BCUT2D eigenvalue weighted by Gasteiger charge is 2.38. The number of aryl methyl sites for hydroxylation is 2. The molecule has 182 valence electrons. The molecule has 0 saturated heterocycles. The van der Waals surface area contributed by atoms with Crippen molar-refractivity contribution < 1.29 is 14.3 Å². The van der Waals surface area contributed by atoms with Gasteiger partial charge in [-0.05, 0) is 85.5 Å². The molecular formula is C28H29ClN2O3S. The van der Waals surface area contributed by atoms with Crippen LogP contribution < -0.4 is 4.74 Å².